The number of hydrogen-bond donors (Lipinski definition) is 4. The molecule has 1 heterocycles. The highest BCUT2D eigenvalue weighted by Gasteiger charge is 2.45. The van der Waals surface area contributed by atoms with Gasteiger partial charge in [0.1, 0.15) is 43.2 Å². The molecule has 0 aromatic heterocycles. The van der Waals surface area contributed by atoms with Crippen LogP contribution < -0.4 is 4.74 Å². The zero-order chi connectivity index (χ0) is 19.4. The number of carbonyl (C=O) groups excluding carboxylic acids is 1. The Morgan fingerprint density at radius 1 is 1.12 bits per heavy atom. The Labute approximate surface area is 157 Å². The molecule has 0 unspecified atom stereocenters. The number of aliphatic hydroxyl groups is 3. The number of carboxylic acids is 1. The van der Waals surface area contributed by atoms with Gasteiger partial charge in [0.25, 0.3) is 0 Å². The summed E-state index contributed by atoms with van der Waals surface area (Å²) in [7, 11) is 0. The van der Waals surface area contributed by atoms with Crippen molar-refractivity contribution in [2.75, 3.05) is 6.61 Å². The predicted octanol–water partition coefficient (Wildman–Crippen LogP) is 0.198. The molecule has 11 heteroatoms. The average Bonchev–Trinajstić information content (AvgIpc) is 2.55. The van der Waals surface area contributed by atoms with Crippen LogP contribution in [0.2, 0.25) is 10.0 Å². The lowest BCUT2D eigenvalue weighted by Crippen LogP contribution is -2.60. The lowest BCUT2D eigenvalue weighted by Gasteiger charge is -2.40. The van der Waals surface area contributed by atoms with Crippen LogP contribution in [0.5, 0.6) is 5.75 Å². The molecule has 5 atom stereocenters. The molecule has 0 aliphatic carbocycles. The van der Waals surface area contributed by atoms with Crippen molar-refractivity contribution in [2.45, 2.75) is 37.1 Å². The molecule has 1 saturated heterocycles. The van der Waals surface area contributed by atoms with E-state index in [0.29, 0.717) is 5.02 Å². The summed E-state index contributed by atoms with van der Waals surface area (Å²) in [5.41, 5.74) is 0. The Hall–Kier alpha value is -1.62. The number of rotatable bonds is 6. The molecule has 2 rings (SSSR count). The first-order valence-corrected chi connectivity index (χ1v) is 8.13. The molecule has 26 heavy (non-hydrogen) atoms. The van der Waals surface area contributed by atoms with Gasteiger partial charge in [-0.2, -0.15) is 0 Å². The van der Waals surface area contributed by atoms with E-state index in [9.17, 15) is 24.9 Å². The van der Waals surface area contributed by atoms with Gasteiger partial charge in [-0.05, 0) is 18.2 Å². The van der Waals surface area contributed by atoms with Crippen molar-refractivity contribution in [3.05, 3.63) is 28.2 Å². The second-order valence-corrected chi connectivity index (χ2v) is 6.30. The zero-order valence-corrected chi connectivity index (χ0v) is 14.6. The first-order chi connectivity index (χ1) is 12.2. The number of aliphatic carboxylic acids is 1. The molecule has 144 valence electrons. The SMILES string of the molecule is O=C(O)CC(=O)OC[C@H]1O[C@@H](Oc2ccc(Cl)cc2Cl)[C@H](O)[C@@H](O)[C@@H]1O. The Morgan fingerprint density at radius 3 is 2.42 bits per heavy atom. The third-order valence-electron chi connectivity index (χ3n) is 3.51. The van der Waals surface area contributed by atoms with Crippen molar-refractivity contribution < 1.29 is 44.2 Å². The first kappa shape index (κ1) is 20.7. The van der Waals surface area contributed by atoms with Crippen molar-refractivity contribution >= 4 is 35.1 Å². The average molecular weight is 411 g/mol. The van der Waals surface area contributed by atoms with Crippen molar-refractivity contribution in [1.82, 2.24) is 0 Å². The molecule has 1 aromatic carbocycles. The summed E-state index contributed by atoms with van der Waals surface area (Å²) in [5, 5.41) is 38.9. The highest BCUT2D eigenvalue weighted by atomic mass is 35.5. The lowest BCUT2D eigenvalue weighted by molar-refractivity contribution is -0.278. The zero-order valence-electron chi connectivity index (χ0n) is 13.1. The van der Waals surface area contributed by atoms with E-state index in [4.69, 9.17) is 37.8 Å². The number of ether oxygens (including phenoxy) is 3. The summed E-state index contributed by atoms with van der Waals surface area (Å²) in [5.74, 6) is -2.33. The molecule has 0 saturated carbocycles. The fourth-order valence-corrected chi connectivity index (χ4v) is 2.65. The Morgan fingerprint density at radius 2 is 1.81 bits per heavy atom. The van der Waals surface area contributed by atoms with Crippen LogP contribution in [0.15, 0.2) is 18.2 Å². The number of carboxylic acid groups (broad SMARTS) is 1. The van der Waals surface area contributed by atoms with Gasteiger partial charge in [0.15, 0.2) is 0 Å². The second kappa shape index (κ2) is 8.85. The summed E-state index contributed by atoms with van der Waals surface area (Å²) in [6.45, 7) is -0.550. The number of carbonyl (C=O) groups is 2. The smallest absolute Gasteiger partial charge is 0.317 e. The molecule has 4 N–H and O–H groups in total. The van der Waals surface area contributed by atoms with Crippen LogP contribution in [-0.2, 0) is 19.1 Å². The molecule has 1 aliphatic rings. The summed E-state index contributed by atoms with van der Waals surface area (Å²) >= 11 is 11.7. The second-order valence-electron chi connectivity index (χ2n) is 5.46. The highest BCUT2D eigenvalue weighted by Crippen LogP contribution is 2.31. The standard InChI is InChI=1S/C15H16Cl2O9/c16-6-1-2-8(7(17)3-6)25-15-14(23)13(22)12(21)9(26-15)5-24-11(20)4-10(18)19/h1-3,9,12-15,21-23H,4-5H2,(H,18,19)/t9-,12-,13+,14-,15-/m1/s1. The molecular weight excluding hydrogens is 395 g/mol. The van der Waals surface area contributed by atoms with Gasteiger partial charge in [0.05, 0.1) is 5.02 Å². The molecule has 0 spiro atoms. The predicted molar refractivity (Wildman–Crippen MR) is 87.0 cm³/mol. The summed E-state index contributed by atoms with van der Waals surface area (Å²) in [6.07, 6.45) is -8.44. The minimum Gasteiger partial charge on any atom is -0.481 e. The van der Waals surface area contributed by atoms with Crippen LogP contribution in [0.25, 0.3) is 0 Å². The van der Waals surface area contributed by atoms with Crippen LogP contribution in [-0.4, -0.2) is 69.7 Å². The van der Waals surface area contributed by atoms with Gasteiger partial charge in [-0.3, -0.25) is 9.59 Å². The maximum atomic E-state index is 11.3. The quantitative estimate of drug-likeness (QED) is 0.381. The molecule has 0 radical (unpaired) electrons. The highest BCUT2D eigenvalue weighted by molar-refractivity contribution is 6.35. The summed E-state index contributed by atoms with van der Waals surface area (Å²) < 4.78 is 15.4. The number of aliphatic hydroxyl groups excluding tert-OH is 3. The molecular formula is C15H16Cl2O9. The maximum absolute atomic E-state index is 11.3. The van der Waals surface area contributed by atoms with E-state index in [-0.39, 0.29) is 10.8 Å². The first-order valence-electron chi connectivity index (χ1n) is 7.38. The minimum atomic E-state index is -1.66. The summed E-state index contributed by atoms with van der Waals surface area (Å²) in [6, 6.07) is 4.29. The number of benzene rings is 1. The number of esters is 1. The lowest BCUT2D eigenvalue weighted by atomic mass is 9.99. The molecule has 1 fully saturated rings. The van der Waals surface area contributed by atoms with Crippen molar-refractivity contribution in [2.24, 2.45) is 0 Å². The number of halogens is 2. The van der Waals surface area contributed by atoms with Gasteiger partial charge >= 0.3 is 11.9 Å². The van der Waals surface area contributed by atoms with Gasteiger partial charge in [-0.1, -0.05) is 23.2 Å². The topological polar surface area (TPSA) is 143 Å². The van der Waals surface area contributed by atoms with E-state index in [1.807, 2.05) is 0 Å². The van der Waals surface area contributed by atoms with Gasteiger partial charge in [-0.25, -0.2) is 0 Å². The Kier molecular flexibility index (Phi) is 7.04. The van der Waals surface area contributed by atoms with E-state index in [0.717, 1.165) is 0 Å². The molecule has 1 aliphatic heterocycles. The van der Waals surface area contributed by atoms with Gasteiger partial charge in [-0.15, -0.1) is 0 Å². The van der Waals surface area contributed by atoms with E-state index in [2.05, 4.69) is 4.74 Å². The van der Waals surface area contributed by atoms with Crippen molar-refractivity contribution in [3.63, 3.8) is 0 Å². The molecule has 1 aromatic rings. The minimum absolute atomic E-state index is 0.102. The largest absolute Gasteiger partial charge is 0.481 e. The van der Waals surface area contributed by atoms with Crippen LogP contribution in [0.4, 0.5) is 0 Å². The van der Waals surface area contributed by atoms with Gasteiger partial charge in [0, 0.05) is 5.02 Å². The summed E-state index contributed by atoms with van der Waals surface area (Å²) in [4.78, 5) is 21.7. The van der Waals surface area contributed by atoms with Crippen molar-refractivity contribution in [1.29, 1.82) is 0 Å². The van der Waals surface area contributed by atoms with Crippen LogP contribution in [0.1, 0.15) is 6.42 Å². The molecule has 0 bridgehead atoms. The molecule has 9 nitrogen and oxygen atoms in total. The van der Waals surface area contributed by atoms with E-state index < -0.39 is 55.7 Å². The van der Waals surface area contributed by atoms with Gasteiger partial charge in [0.2, 0.25) is 6.29 Å². The fraction of sp³-hybridized carbons (Fsp3) is 0.467. The fourth-order valence-electron chi connectivity index (χ4n) is 2.20. The normalized spacial score (nSPS) is 28.4. The van der Waals surface area contributed by atoms with Crippen LogP contribution in [0, 0.1) is 0 Å². The maximum Gasteiger partial charge on any atom is 0.317 e. The van der Waals surface area contributed by atoms with Gasteiger partial charge < -0.3 is 34.6 Å². The number of hydrogen-bond acceptors (Lipinski definition) is 8. The van der Waals surface area contributed by atoms with E-state index in [1.54, 1.807) is 0 Å². The van der Waals surface area contributed by atoms with E-state index in [1.165, 1.54) is 18.2 Å². The molecule has 0 amide bonds. The third-order valence-corrected chi connectivity index (χ3v) is 4.04. The van der Waals surface area contributed by atoms with E-state index >= 15 is 0 Å². The van der Waals surface area contributed by atoms with Crippen LogP contribution >= 0.6 is 23.2 Å². The Balaban J connectivity index is 2.05. The van der Waals surface area contributed by atoms with Crippen molar-refractivity contribution in [3.8, 4) is 5.75 Å². The third kappa shape index (κ3) is 5.19. The van der Waals surface area contributed by atoms with Crippen LogP contribution in [0.3, 0.4) is 0 Å². The monoisotopic (exact) mass is 410 g/mol. The Bertz CT molecular complexity index is 669.